The molecule has 3 rings (SSSR count). The van der Waals surface area contributed by atoms with E-state index in [0.29, 0.717) is 0 Å². The van der Waals surface area contributed by atoms with Gasteiger partial charge in [0.15, 0.2) is 0 Å². The summed E-state index contributed by atoms with van der Waals surface area (Å²) in [7, 11) is -1.86. The lowest BCUT2D eigenvalue weighted by Crippen LogP contribution is -2.36. The second-order valence-corrected chi connectivity index (χ2v) is 9.38. The standard InChI is InChI=1S/C21H22OP/c1-18(22)17-23(19-11-5-2-6-12-19,20-13-7-3-8-14-20)21-15-9-4-10-16-21/h2-16,18,22H,17H2,1H3/q+1/t18-/m1/s1. The van der Waals surface area contributed by atoms with Gasteiger partial charge in [-0.2, -0.15) is 0 Å². The van der Waals surface area contributed by atoms with E-state index in [9.17, 15) is 5.11 Å². The summed E-state index contributed by atoms with van der Waals surface area (Å²) in [4.78, 5) is 0. The van der Waals surface area contributed by atoms with Crippen LogP contribution in [0.2, 0.25) is 0 Å². The molecule has 23 heavy (non-hydrogen) atoms. The average Bonchev–Trinajstić information content (AvgIpc) is 2.62. The Hall–Kier alpha value is -1.95. The molecule has 0 bridgehead atoms. The van der Waals surface area contributed by atoms with Gasteiger partial charge in [0, 0.05) is 0 Å². The van der Waals surface area contributed by atoms with Crippen LogP contribution in [0.5, 0.6) is 0 Å². The summed E-state index contributed by atoms with van der Waals surface area (Å²) in [5.74, 6) is 0. The van der Waals surface area contributed by atoms with Gasteiger partial charge in [-0.1, -0.05) is 54.6 Å². The van der Waals surface area contributed by atoms with E-state index in [-0.39, 0.29) is 6.10 Å². The minimum Gasteiger partial charge on any atom is -0.390 e. The zero-order valence-electron chi connectivity index (χ0n) is 13.3. The highest BCUT2D eigenvalue weighted by atomic mass is 31.2. The molecule has 0 spiro atoms. The Morgan fingerprint density at radius 1 is 0.652 bits per heavy atom. The molecule has 3 aromatic rings. The number of rotatable bonds is 5. The number of benzene rings is 3. The molecule has 1 nitrogen and oxygen atoms in total. The smallest absolute Gasteiger partial charge is 0.114 e. The molecule has 0 saturated carbocycles. The van der Waals surface area contributed by atoms with Gasteiger partial charge in [0.1, 0.15) is 23.2 Å². The zero-order valence-corrected chi connectivity index (χ0v) is 14.2. The molecule has 0 aliphatic heterocycles. The maximum Gasteiger partial charge on any atom is 0.114 e. The lowest BCUT2D eigenvalue weighted by Gasteiger charge is -2.28. The normalized spacial score (nSPS) is 12.8. The van der Waals surface area contributed by atoms with Crippen LogP contribution in [0.25, 0.3) is 0 Å². The number of aliphatic hydroxyl groups excluding tert-OH is 1. The first kappa shape index (κ1) is 15.9. The monoisotopic (exact) mass is 321 g/mol. The fraction of sp³-hybridized carbons (Fsp3) is 0.143. The first-order valence-electron chi connectivity index (χ1n) is 7.96. The zero-order chi connectivity index (χ0) is 16.1. The lowest BCUT2D eigenvalue weighted by molar-refractivity contribution is 0.219. The van der Waals surface area contributed by atoms with Crippen LogP contribution in [0, 0.1) is 0 Å². The van der Waals surface area contributed by atoms with Crippen molar-refractivity contribution in [3.05, 3.63) is 91.0 Å². The van der Waals surface area contributed by atoms with Crippen molar-refractivity contribution in [1.29, 1.82) is 0 Å². The molecule has 0 saturated heterocycles. The second kappa shape index (κ2) is 7.08. The highest BCUT2D eigenvalue weighted by Crippen LogP contribution is 2.55. The molecule has 0 heterocycles. The minimum absolute atomic E-state index is 0.357. The van der Waals surface area contributed by atoms with Crippen LogP contribution in [0.1, 0.15) is 6.92 Å². The lowest BCUT2D eigenvalue weighted by atomic mass is 10.3. The van der Waals surface area contributed by atoms with E-state index < -0.39 is 7.26 Å². The van der Waals surface area contributed by atoms with E-state index in [4.69, 9.17) is 0 Å². The van der Waals surface area contributed by atoms with Crippen molar-refractivity contribution in [3.63, 3.8) is 0 Å². The van der Waals surface area contributed by atoms with Gasteiger partial charge in [0.25, 0.3) is 0 Å². The molecular weight excluding hydrogens is 299 g/mol. The fourth-order valence-electron chi connectivity index (χ4n) is 3.21. The Kier molecular flexibility index (Phi) is 4.91. The Balaban J connectivity index is 2.30. The molecular formula is C21H22OP+. The third kappa shape index (κ3) is 3.22. The molecule has 0 fully saturated rings. The first-order chi connectivity index (χ1) is 11.2. The maximum atomic E-state index is 10.3. The maximum absolute atomic E-state index is 10.3. The summed E-state index contributed by atoms with van der Waals surface area (Å²) in [6, 6.07) is 32.0. The van der Waals surface area contributed by atoms with Gasteiger partial charge in [-0.05, 0) is 43.3 Å². The third-order valence-electron chi connectivity index (χ3n) is 4.13. The van der Waals surface area contributed by atoms with E-state index in [1.807, 2.05) is 6.92 Å². The van der Waals surface area contributed by atoms with Gasteiger partial charge in [0.05, 0.1) is 12.3 Å². The molecule has 1 N–H and O–H groups in total. The summed E-state index contributed by atoms with van der Waals surface area (Å²) in [5, 5.41) is 14.3. The van der Waals surface area contributed by atoms with Crippen molar-refractivity contribution in [2.75, 3.05) is 6.16 Å². The van der Waals surface area contributed by atoms with Crippen LogP contribution >= 0.6 is 7.26 Å². The largest absolute Gasteiger partial charge is 0.390 e. The van der Waals surface area contributed by atoms with Crippen LogP contribution in [0.3, 0.4) is 0 Å². The van der Waals surface area contributed by atoms with Gasteiger partial charge < -0.3 is 5.11 Å². The van der Waals surface area contributed by atoms with Crippen LogP contribution < -0.4 is 15.9 Å². The Morgan fingerprint density at radius 2 is 0.957 bits per heavy atom. The first-order valence-corrected chi connectivity index (χ1v) is 9.94. The van der Waals surface area contributed by atoms with Gasteiger partial charge in [0.2, 0.25) is 0 Å². The number of hydrogen-bond acceptors (Lipinski definition) is 1. The summed E-state index contributed by atoms with van der Waals surface area (Å²) >= 11 is 0. The van der Waals surface area contributed by atoms with Gasteiger partial charge in [-0.25, -0.2) is 0 Å². The molecule has 0 amide bonds. The Labute approximate surface area is 139 Å². The van der Waals surface area contributed by atoms with Crippen LogP contribution in [0.4, 0.5) is 0 Å². The van der Waals surface area contributed by atoms with Crippen molar-refractivity contribution in [3.8, 4) is 0 Å². The van der Waals surface area contributed by atoms with E-state index in [1.165, 1.54) is 15.9 Å². The van der Waals surface area contributed by atoms with E-state index in [1.54, 1.807) is 0 Å². The summed E-state index contributed by atoms with van der Waals surface area (Å²) in [5.41, 5.74) is 0. The second-order valence-electron chi connectivity index (χ2n) is 5.85. The van der Waals surface area contributed by atoms with Crippen LogP contribution in [0.15, 0.2) is 91.0 Å². The van der Waals surface area contributed by atoms with Gasteiger partial charge in [-0.15, -0.1) is 0 Å². The van der Waals surface area contributed by atoms with Gasteiger partial charge >= 0.3 is 0 Å². The molecule has 116 valence electrons. The number of hydrogen-bond donors (Lipinski definition) is 1. The highest BCUT2D eigenvalue weighted by Gasteiger charge is 2.45. The van der Waals surface area contributed by atoms with Crippen LogP contribution in [-0.4, -0.2) is 17.4 Å². The summed E-state index contributed by atoms with van der Waals surface area (Å²) in [6.07, 6.45) is 0.398. The Bertz CT molecular complexity index is 627. The minimum atomic E-state index is -1.86. The molecule has 0 aliphatic carbocycles. The molecule has 0 aliphatic rings. The molecule has 0 radical (unpaired) electrons. The van der Waals surface area contributed by atoms with Crippen molar-refractivity contribution >= 4 is 23.2 Å². The third-order valence-corrected chi connectivity index (χ3v) is 8.74. The van der Waals surface area contributed by atoms with Crippen molar-refractivity contribution in [2.24, 2.45) is 0 Å². The van der Waals surface area contributed by atoms with Gasteiger partial charge in [-0.3, -0.25) is 0 Å². The molecule has 0 unspecified atom stereocenters. The Morgan fingerprint density at radius 3 is 1.22 bits per heavy atom. The fourth-order valence-corrected chi connectivity index (χ4v) is 7.57. The topological polar surface area (TPSA) is 20.2 Å². The van der Waals surface area contributed by atoms with Crippen molar-refractivity contribution in [1.82, 2.24) is 0 Å². The van der Waals surface area contributed by atoms with E-state index >= 15 is 0 Å². The van der Waals surface area contributed by atoms with E-state index in [2.05, 4.69) is 91.0 Å². The number of aliphatic hydroxyl groups is 1. The predicted octanol–water partition coefficient (Wildman–Crippen LogP) is 3.36. The molecule has 1 atom stereocenters. The average molecular weight is 321 g/mol. The molecule has 0 aromatic heterocycles. The van der Waals surface area contributed by atoms with Crippen molar-refractivity contribution in [2.45, 2.75) is 13.0 Å². The van der Waals surface area contributed by atoms with Crippen LogP contribution in [-0.2, 0) is 0 Å². The predicted molar refractivity (Wildman–Crippen MR) is 102 cm³/mol. The summed E-state index contributed by atoms with van der Waals surface area (Å²) < 4.78 is 0. The highest BCUT2D eigenvalue weighted by molar-refractivity contribution is 7.95. The SMILES string of the molecule is C[C@@H](O)C[P+](c1ccccc1)(c1ccccc1)c1ccccc1. The van der Waals surface area contributed by atoms with Crippen molar-refractivity contribution < 1.29 is 5.11 Å². The molecule has 3 aromatic carbocycles. The van der Waals surface area contributed by atoms with E-state index in [0.717, 1.165) is 6.16 Å². The summed E-state index contributed by atoms with van der Waals surface area (Å²) in [6.45, 7) is 1.89. The quantitative estimate of drug-likeness (QED) is 0.715. The molecule has 2 heteroatoms.